The minimum Gasteiger partial charge on any atom is -0.356 e. The third-order valence-corrected chi connectivity index (χ3v) is 6.80. The van der Waals surface area contributed by atoms with Crippen LogP contribution in [0.2, 0.25) is 0 Å². The number of hydrogen-bond donors (Lipinski definition) is 1. The van der Waals surface area contributed by atoms with E-state index in [0.717, 1.165) is 24.3 Å². The molecular formula is C23H24FN5O2S. The van der Waals surface area contributed by atoms with Crippen molar-refractivity contribution in [1.82, 2.24) is 25.0 Å². The summed E-state index contributed by atoms with van der Waals surface area (Å²) in [5.41, 5.74) is 0.496. The summed E-state index contributed by atoms with van der Waals surface area (Å²) in [6.45, 7) is 1.65. The molecule has 32 heavy (non-hydrogen) atoms. The van der Waals surface area contributed by atoms with Crippen molar-refractivity contribution in [3.63, 3.8) is 0 Å². The largest absolute Gasteiger partial charge is 0.356 e. The summed E-state index contributed by atoms with van der Waals surface area (Å²) in [6, 6.07) is 9.83. The summed E-state index contributed by atoms with van der Waals surface area (Å²) < 4.78 is 15.4. The molecule has 0 bridgehead atoms. The van der Waals surface area contributed by atoms with E-state index in [1.54, 1.807) is 17.0 Å². The zero-order valence-electron chi connectivity index (χ0n) is 17.5. The molecule has 1 atom stereocenters. The number of hydrogen-bond acceptors (Lipinski definition) is 5. The Morgan fingerprint density at radius 1 is 1.19 bits per heavy atom. The van der Waals surface area contributed by atoms with Gasteiger partial charge in [0, 0.05) is 19.6 Å². The maximum absolute atomic E-state index is 13.8. The van der Waals surface area contributed by atoms with Crippen LogP contribution in [0.1, 0.15) is 36.3 Å². The van der Waals surface area contributed by atoms with Crippen LogP contribution in [0.4, 0.5) is 4.39 Å². The molecule has 2 amide bonds. The van der Waals surface area contributed by atoms with Crippen molar-refractivity contribution in [1.29, 1.82) is 0 Å². The smallest absolute Gasteiger partial charge is 0.293 e. The predicted molar refractivity (Wildman–Crippen MR) is 119 cm³/mol. The van der Waals surface area contributed by atoms with Gasteiger partial charge in [0.05, 0.1) is 16.5 Å². The van der Waals surface area contributed by atoms with Crippen LogP contribution in [-0.4, -0.2) is 51.1 Å². The number of piperidine rings is 1. The van der Waals surface area contributed by atoms with Gasteiger partial charge in [-0.3, -0.25) is 9.59 Å². The third kappa shape index (κ3) is 4.43. The van der Waals surface area contributed by atoms with Crippen LogP contribution < -0.4 is 5.32 Å². The molecule has 3 aromatic rings. The van der Waals surface area contributed by atoms with Crippen LogP contribution in [0.25, 0.3) is 16.4 Å². The summed E-state index contributed by atoms with van der Waals surface area (Å²) in [6.07, 6.45) is 3.89. The van der Waals surface area contributed by atoms with Crippen LogP contribution in [-0.2, 0) is 4.79 Å². The first-order chi connectivity index (χ1) is 15.6. The lowest BCUT2D eigenvalue weighted by Gasteiger charge is -2.31. The highest BCUT2D eigenvalue weighted by Crippen LogP contribution is 2.28. The van der Waals surface area contributed by atoms with Gasteiger partial charge in [-0.05, 0) is 61.2 Å². The molecule has 3 heterocycles. The van der Waals surface area contributed by atoms with E-state index in [1.807, 2.05) is 17.5 Å². The van der Waals surface area contributed by atoms with Crippen LogP contribution in [0.3, 0.4) is 0 Å². The van der Waals surface area contributed by atoms with Gasteiger partial charge >= 0.3 is 0 Å². The van der Waals surface area contributed by atoms with Gasteiger partial charge in [-0.1, -0.05) is 12.1 Å². The number of halogens is 1. The summed E-state index contributed by atoms with van der Waals surface area (Å²) in [4.78, 5) is 32.8. The van der Waals surface area contributed by atoms with Crippen molar-refractivity contribution in [3.05, 3.63) is 53.4 Å². The van der Waals surface area contributed by atoms with E-state index in [2.05, 4.69) is 15.4 Å². The Hall–Kier alpha value is -3.07. The van der Waals surface area contributed by atoms with Crippen molar-refractivity contribution in [3.8, 4) is 16.4 Å². The molecule has 1 unspecified atom stereocenters. The first-order valence-corrected chi connectivity index (χ1v) is 11.8. The van der Waals surface area contributed by atoms with Crippen LogP contribution >= 0.6 is 11.3 Å². The van der Waals surface area contributed by atoms with E-state index >= 15 is 0 Å². The molecule has 1 saturated heterocycles. The average molecular weight is 454 g/mol. The van der Waals surface area contributed by atoms with Gasteiger partial charge in [-0.25, -0.2) is 14.1 Å². The Morgan fingerprint density at radius 3 is 2.81 bits per heavy atom. The molecule has 0 spiro atoms. The van der Waals surface area contributed by atoms with E-state index in [4.69, 9.17) is 0 Å². The minimum absolute atomic E-state index is 0.0203. The average Bonchev–Trinajstić information content (AvgIpc) is 3.29. The number of rotatable bonds is 6. The van der Waals surface area contributed by atoms with E-state index in [-0.39, 0.29) is 29.4 Å². The molecule has 2 aliphatic rings. The molecular weight excluding hydrogens is 429 g/mol. The maximum atomic E-state index is 13.8. The SMILES string of the molecule is O=C(NCC1CC1)C1CCCN(C(=O)c2nc(-c3cccs3)n(-c3cccc(F)c3)n2)C1. The fourth-order valence-electron chi connectivity index (χ4n) is 3.98. The highest BCUT2D eigenvalue weighted by Gasteiger charge is 2.32. The number of thiophene rings is 1. The maximum Gasteiger partial charge on any atom is 0.293 e. The monoisotopic (exact) mass is 453 g/mol. The summed E-state index contributed by atoms with van der Waals surface area (Å²) in [7, 11) is 0. The van der Waals surface area contributed by atoms with Crippen LogP contribution in [0, 0.1) is 17.7 Å². The third-order valence-electron chi connectivity index (χ3n) is 5.93. The van der Waals surface area contributed by atoms with Crippen LogP contribution in [0.15, 0.2) is 41.8 Å². The van der Waals surface area contributed by atoms with E-state index in [1.165, 1.54) is 41.0 Å². The number of carbonyl (C=O) groups is 2. The minimum atomic E-state index is -0.390. The fraction of sp³-hybridized carbons (Fsp3) is 0.391. The molecule has 2 aromatic heterocycles. The molecule has 166 valence electrons. The topological polar surface area (TPSA) is 80.1 Å². The Labute approximate surface area is 189 Å². The predicted octanol–water partition coefficient (Wildman–Crippen LogP) is 3.51. The number of aromatic nitrogens is 3. The van der Waals surface area contributed by atoms with Crippen molar-refractivity contribution in [2.45, 2.75) is 25.7 Å². The molecule has 1 aliphatic heterocycles. The normalized spacial score (nSPS) is 18.5. The van der Waals surface area contributed by atoms with E-state index in [0.29, 0.717) is 30.5 Å². The zero-order valence-corrected chi connectivity index (χ0v) is 18.4. The highest BCUT2D eigenvalue weighted by molar-refractivity contribution is 7.13. The van der Waals surface area contributed by atoms with Gasteiger partial charge in [0.25, 0.3) is 5.91 Å². The molecule has 1 N–H and O–H groups in total. The standard InChI is InChI=1S/C23H24FN5O2S/c24-17-5-1-6-18(12-17)29-21(19-7-3-11-32-19)26-20(27-29)23(31)28-10-2-4-16(14-28)22(30)25-13-15-8-9-15/h1,3,5-7,11-12,15-16H,2,4,8-10,13-14H2,(H,25,30). The van der Waals surface area contributed by atoms with Crippen molar-refractivity contribution in [2.75, 3.05) is 19.6 Å². The lowest BCUT2D eigenvalue weighted by atomic mass is 9.97. The van der Waals surface area contributed by atoms with Crippen molar-refractivity contribution in [2.24, 2.45) is 11.8 Å². The molecule has 9 heteroatoms. The summed E-state index contributed by atoms with van der Waals surface area (Å²) >= 11 is 1.47. The number of nitrogens with zero attached hydrogens (tertiary/aromatic N) is 4. The first-order valence-electron chi connectivity index (χ1n) is 10.9. The molecule has 1 aromatic carbocycles. The van der Waals surface area contributed by atoms with Crippen LogP contribution in [0.5, 0.6) is 0 Å². The van der Waals surface area contributed by atoms with Gasteiger partial charge in [-0.2, -0.15) is 0 Å². The van der Waals surface area contributed by atoms with Gasteiger partial charge < -0.3 is 10.2 Å². The number of amides is 2. The summed E-state index contributed by atoms with van der Waals surface area (Å²) in [5.74, 6) is 0.269. The quantitative estimate of drug-likeness (QED) is 0.619. The molecule has 0 radical (unpaired) electrons. The van der Waals surface area contributed by atoms with Crippen molar-refractivity contribution < 1.29 is 14.0 Å². The number of carbonyl (C=O) groups excluding carboxylic acids is 2. The molecule has 1 saturated carbocycles. The van der Waals surface area contributed by atoms with Gasteiger partial charge in [0.15, 0.2) is 5.82 Å². The number of nitrogens with one attached hydrogen (secondary N) is 1. The first kappa shape index (κ1) is 20.8. The lowest BCUT2D eigenvalue weighted by molar-refractivity contribution is -0.126. The number of likely N-dealkylation sites (tertiary alicyclic amines) is 1. The zero-order chi connectivity index (χ0) is 22.1. The molecule has 2 fully saturated rings. The molecule has 1 aliphatic carbocycles. The Bertz CT molecular complexity index is 1130. The van der Waals surface area contributed by atoms with Gasteiger partial charge in [0.2, 0.25) is 11.7 Å². The second-order valence-corrected chi connectivity index (χ2v) is 9.35. The van der Waals surface area contributed by atoms with Gasteiger partial charge in [-0.15, -0.1) is 16.4 Å². The fourth-order valence-corrected chi connectivity index (χ4v) is 4.68. The highest BCUT2D eigenvalue weighted by atomic mass is 32.1. The Balaban J connectivity index is 1.38. The second-order valence-electron chi connectivity index (χ2n) is 8.41. The van der Waals surface area contributed by atoms with E-state index in [9.17, 15) is 14.0 Å². The molecule has 5 rings (SSSR count). The van der Waals surface area contributed by atoms with Crippen molar-refractivity contribution >= 4 is 23.2 Å². The lowest BCUT2D eigenvalue weighted by Crippen LogP contribution is -2.46. The summed E-state index contributed by atoms with van der Waals surface area (Å²) in [5, 5.41) is 9.38. The Morgan fingerprint density at radius 2 is 2.06 bits per heavy atom. The Kier molecular flexibility index (Phi) is 5.73. The second kappa shape index (κ2) is 8.82. The number of benzene rings is 1. The molecule has 7 nitrogen and oxygen atoms in total. The van der Waals surface area contributed by atoms with E-state index < -0.39 is 0 Å². The van der Waals surface area contributed by atoms with Gasteiger partial charge in [0.1, 0.15) is 5.82 Å².